The van der Waals surface area contributed by atoms with Crippen LogP contribution in [0, 0.1) is 13.8 Å². The van der Waals surface area contributed by atoms with Crippen LogP contribution in [0.25, 0.3) is 10.9 Å². The lowest BCUT2D eigenvalue weighted by atomic mass is 10.1. The molecule has 2 nitrogen and oxygen atoms in total. The van der Waals surface area contributed by atoms with Crippen molar-refractivity contribution in [2.45, 2.75) is 13.8 Å². The summed E-state index contributed by atoms with van der Waals surface area (Å²) >= 11 is 0. The topological polar surface area (TPSA) is 25.8 Å². The minimum Gasteiger partial charge on any atom is -0.159 e. The first-order chi connectivity index (χ1) is 5.79. The molecule has 12 heavy (non-hydrogen) atoms. The summed E-state index contributed by atoms with van der Waals surface area (Å²) in [6.07, 6.45) is 1.73. The SMILES string of the molecule is Cc1ccc(C)c2nnccc12. The van der Waals surface area contributed by atoms with Gasteiger partial charge in [0.15, 0.2) is 0 Å². The quantitative estimate of drug-likeness (QED) is 0.587. The largest absolute Gasteiger partial charge is 0.159 e. The predicted molar refractivity (Wildman–Crippen MR) is 49.0 cm³/mol. The summed E-state index contributed by atoms with van der Waals surface area (Å²) in [4.78, 5) is 0. The third-order valence-corrected chi connectivity index (χ3v) is 2.10. The summed E-state index contributed by atoms with van der Waals surface area (Å²) in [5.74, 6) is 0. The lowest BCUT2D eigenvalue weighted by Gasteiger charge is -2.01. The molecule has 0 bridgehead atoms. The third-order valence-electron chi connectivity index (χ3n) is 2.10. The Balaban J connectivity index is 2.95. The Kier molecular flexibility index (Phi) is 1.54. The molecule has 0 saturated carbocycles. The lowest BCUT2D eigenvalue weighted by Crippen LogP contribution is -1.87. The first kappa shape index (κ1) is 7.22. The molecule has 0 N–H and O–H groups in total. The second kappa shape index (κ2) is 2.55. The molecule has 0 radical (unpaired) electrons. The molecule has 0 saturated heterocycles. The number of rotatable bonds is 0. The molecule has 1 aromatic carbocycles. The Hall–Kier alpha value is -1.44. The summed E-state index contributed by atoms with van der Waals surface area (Å²) in [6.45, 7) is 4.14. The standard InChI is InChI=1S/C10H10N2/c1-7-3-4-8(2)10-9(7)5-6-11-12-10/h3-6H,1-2H3. The van der Waals surface area contributed by atoms with E-state index in [1.165, 1.54) is 16.5 Å². The molecule has 0 atom stereocenters. The van der Waals surface area contributed by atoms with Crippen molar-refractivity contribution in [3.8, 4) is 0 Å². The maximum Gasteiger partial charge on any atom is 0.0961 e. The number of aromatic nitrogens is 2. The van der Waals surface area contributed by atoms with Crippen molar-refractivity contribution in [1.29, 1.82) is 0 Å². The van der Waals surface area contributed by atoms with Gasteiger partial charge in [0.25, 0.3) is 0 Å². The van der Waals surface area contributed by atoms with Crippen LogP contribution in [-0.2, 0) is 0 Å². The van der Waals surface area contributed by atoms with Gasteiger partial charge in [-0.25, -0.2) is 0 Å². The van der Waals surface area contributed by atoms with Crippen LogP contribution < -0.4 is 0 Å². The van der Waals surface area contributed by atoms with Crippen LogP contribution in [0.3, 0.4) is 0 Å². The molecule has 0 fully saturated rings. The first-order valence-corrected chi connectivity index (χ1v) is 3.96. The summed E-state index contributed by atoms with van der Waals surface area (Å²) in [7, 11) is 0. The number of fused-ring (bicyclic) bond motifs is 1. The van der Waals surface area contributed by atoms with Crippen LogP contribution in [0.1, 0.15) is 11.1 Å². The van der Waals surface area contributed by atoms with Gasteiger partial charge in [-0.05, 0) is 31.0 Å². The van der Waals surface area contributed by atoms with E-state index in [1.807, 2.05) is 6.07 Å². The molecule has 1 aromatic heterocycles. The van der Waals surface area contributed by atoms with Crippen molar-refractivity contribution in [3.63, 3.8) is 0 Å². The molecular formula is C10H10N2. The van der Waals surface area contributed by atoms with Crippen molar-refractivity contribution < 1.29 is 0 Å². The Morgan fingerprint density at radius 3 is 2.50 bits per heavy atom. The lowest BCUT2D eigenvalue weighted by molar-refractivity contribution is 1.07. The second-order valence-corrected chi connectivity index (χ2v) is 2.99. The monoisotopic (exact) mass is 158 g/mol. The van der Waals surface area contributed by atoms with E-state index in [-0.39, 0.29) is 0 Å². The highest BCUT2D eigenvalue weighted by atomic mass is 15.1. The molecular weight excluding hydrogens is 148 g/mol. The molecule has 0 spiro atoms. The van der Waals surface area contributed by atoms with Crippen LogP contribution in [0.4, 0.5) is 0 Å². The van der Waals surface area contributed by atoms with Crippen LogP contribution in [0.5, 0.6) is 0 Å². The molecule has 2 aromatic rings. The summed E-state index contributed by atoms with van der Waals surface area (Å²) < 4.78 is 0. The molecule has 0 aliphatic rings. The fraction of sp³-hybridized carbons (Fsp3) is 0.200. The van der Waals surface area contributed by atoms with E-state index in [0.29, 0.717) is 0 Å². The zero-order valence-corrected chi connectivity index (χ0v) is 7.20. The molecule has 2 rings (SSSR count). The molecule has 0 aliphatic carbocycles. The van der Waals surface area contributed by atoms with Gasteiger partial charge < -0.3 is 0 Å². The van der Waals surface area contributed by atoms with E-state index in [1.54, 1.807) is 6.20 Å². The van der Waals surface area contributed by atoms with E-state index in [9.17, 15) is 0 Å². The third kappa shape index (κ3) is 0.961. The molecule has 60 valence electrons. The van der Waals surface area contributed by atoms with Crippen molar-refractivity contribution in [3.05, 3.63) is 35.5 Å². The molecule has 0 amide bonds. The van der Waals surface area contributed by atoms with Crippen molar-refractivity contribution >= 4 is 10.9 Å². The zero-order chi connectivity index (χ0) is 8.55. The highest BCUT2D eigenvalue weighted by Crippen LogP contribution is 2.17. The van der Waals surface area contributed by atoms with Gasteiger partial charge in [0, 0.05) is 5.39 Å². The van der Waals surface area contributed by atoms with Gasteiger partial charge in [0.1, 0.15) is 0 Å². The second-order valence-electron chi connectivity index (χ2n) is 2.99. The van der Waals surface area contributed by atoms with Gasteiger partial charge in [-0.1, -0.05) is 12.1 Å². The van der Waals surface area contributed by atoms with Crippen LogP contribution >= 0.6 is 0 Å². The first-order valence-electron chi connectivity index (χ1n) is 3.96. The average Bonchev–Trinajstić information content (AvgIpc) is 2.12. The molecule has 0 aliphatic heterocycles. The highest BCUT2D eigenvalue weighted by Gasteiger charge is 1.99. The van der Waals surface area contributed by atoms with E-state index in [2.05, 4.69) is 36.2 Å². The van der Waals surface area contributed by atoms with E-state index >= 15 is 0 Å². The van der Waals surface area contributed by atoms with Crippen molar-refractivity contribution in [2.75, 3.05) is 0 Å². The predicted octanol–water partition coefficient (Wildman–Crippen LogP) is 2.25. The van der Waals surface area contributed by atoms with E-state index in [0.717, 1.165) is 5.52 Å². The normalized spacial score (nSPS) is 10.5. The number of benzene rings is 1. The number of hydrogen-bond donors (Lipinski definition) is 0. The van der Waals surface area contributed by atoms with E-state index < -0.39 is 0 Å². The highest BCUT2D eigenvalue weighted by molar-refractivity contribution is 5.83. The fourth-order valence-electron chi connectivity index (χ4n) is 1.36. The Morgan fingerprint density at radius 2 is 1.75 bits per heavy atom. The maximum atomic E-state index is 4.09. The maximum absolute atomic E-state index is 4.09. The number of nitrogens with zero attached hydrogens (tertiary/aromatic N) is 2. The van der Waals surface area contributed by atoms with Gasteiger partial charge in [-0.15, -0.1) is 0 Å². The van der Waals surface area contributed by atoms with Gasteiger partial charge in [-0.2, -0.15) is 10.2 Å². The summed E-state index contributed by atoms with van der Waals surface area (Å²) in [5, 5.41) is 9.16. The van der Waals surface area contributed by atoms with Crippen LogP contribution in [0.2, 0.25) is 0 Å². The smallest absolute Gasteiger partial charge is 0.0961 e. The van der Waals surface area contributed by atoms with Crippen molar-refractivity contribution in [1.82, 2.24) is 10.2 Å². The van der Waals surface area contributed by atoms with Crippen LogP contribution in [-0.4, -0.2) is 10.2 Å². The van der Waals surface area contributed by atoms with Gasteiger partial charge in [-0.3, -0.25) is 0 Å². The fourth-order valence-corrected chi connectivity index (χ4v) is 1.36. The molecule has 1 heterocycles. The van der Waals surface area contributed by atoms with Crippen LogP contribution in [0.15, 0.2) is 24.4 Å². The summed E-state index contributed by atoms with van der Waals surface area (Å²) in [5.41, 5.74) is 3.45. The Labute approximate surface area is 71.3 Å². The van der Waals surface area contributed by atoms with E-state index in [4.69, 9.17) is 0 Å². The minimum atomic E-state index is 1.01. The van der Waals surface area contributed by atoms with Gasteiger partial charge in [0.05, 0.1) is 11.7 Å². The number of aryl methyl sites for hydroxylation is 2. The molecule has 0 unspecified atom stereocenters. The Bertz CT molecular complexity index is 381. The average molecular weight is 158 g/mol. The summed E-state index contributed by atoms with van der Waals surface area (Å²) in [6, 6.07) is 6.19. The van der Waals surface area contributed by atoms with Gasteiger partial charge >= 0.3 is 0 Å². The van der Waals surface area contributed by atoms with Gasteiger partial charge in [0.2, 0.25) is 0 Å². The zero-order valence-electron chi connectivity index (χ0n) is 7.20. The Morgan fingerprint density at radius 1 is 1.00 bits per heavy atom. The van der Waals surface area contributed by atoms with Crippen molar-refractivity contribution in [2.24, 2.45) is 0 Å². The minimum absolute atomic E-state index is 1.01. The number of hydrogen-bond acceptors (Lipinski definition) is 2. The molecule has 2 heteroatoms.